The number of nitrogens with one attached hydrogen (secondary N) is 1. The molecule has 2 aromatic rings. The zero-order valence-corrected chi connectivity index (χ0v) is 10.6. The van der Waals surface area contributed by atoms with Crippen LogP contribution in [0.25, 0.3) is 0 Å². The number of carbonyl (C=O) groups excluding carboxylic acids is 1. The Kier molecular flexibility index (Phi) is 3.94. The maximum Gasteiger partial charge on any atom is 0.307 e. The zero-order valence-electron chi connectivity index (χ0n) is 10.6. The Morgan fingerprint density at radius 2 is 2.15 bits per heavy atom. The van der Waals surface area contributed by atoms with Crippen molar-refractivity contribution in [1.82, 2.24) is 9.78 Å². The molecule has 0 saturated heterocycles. The summed E-state index contributed by atoms with van der Waals surface area (Å²) in [5, 5.41) is 16.9. The van der Waals surface area contributed by atoms with Gasteiger partial charge in [-0.3, -0.25) is 19.6 Å². The van der Waals surface area contributed by atoms with E-state index in [9.17, 15) is 14.9 Å². The second-order valence-electron chi connectivity index (χ2n) is 3.93. The smallest absolute Gasteiger partial charge is 0.307 e. The molecule has 20 heavy (non-hydrogen) atoms. The first-order chi connectivity index (χ1) is 9.58. The molecule has 1 amide bonds. The number of methoxy groups -OCH3 is 1. The molecule has 0 saturated carbocycles. The number of aromatic nitrogens is 2. The van der Waals surface area contributed by atoms with Gasteiger partial charge in [0.2, 0.25) is 5.91 Å². The molecule has 1 aromatic carbocycles. The normalized spacial score (nSPS) is 10.1. The van der Waals surface area contributed by atoms with Gasteiger partial charge >= 0.3 is 5.69 Å². The molecule has 0 spiro atoms. The number of anilines is 1. The topological polar surface area (TPSA) is 99.3 Å². The summed E-state index contributed by atoms with van der Waals surface area (Å²) >= 11 is 0. The standard InChI is InChI=1S/C12H12N4O4/c1-20-11-4-2-9(3-5-11)14-12(17)8-15-7-10(6-13-15)16(18)19/h2-7H,8H2,1H3,(H,14,17). The van der Waals surface area contributed by atoms with Crippen molar-refractivity contribution in [2.45, 2.75) is 6.54 Å². The van der Waals surface area contributed by atoms with Crippen LogP contribution in [0.1, 0.15) is 0 Å². The molecule has 0 unspecified atom stereocenters. The van der Waals surface area contributed by atoms with Crippen LogP contribution in [0.3, 0.4) is 0 Å². The molecule has 0 fully saturated rings. The molecule has 0 bridgehead atoms. The Balaban J connectivity index is 1.95. The lowest BCUT2D eigenvalue weighted by molar-refractivity contribution is -0.385. The Morgan fingerprint density at radius 1 is 1.45 bits per heavy atom. The third kappa shape index (κ3) is 3.31. The Hall–Kier alpha value is -2.90. The molecule has 104 valence electrons. The van der Waals surface area contributed by atoms with Gasteiger partial charge in [0.05, 0.1) is 12.0 Å². The summed E-state index contributed by atoms with van der Waals surface area (Å²) in [4.78, 5) is 21.7. The first kappa shape index (κ1) is 13.5. The minimum Gasteiger partial charge on any atom is -0.497 e. The van der Waals surface area contributed by atoms with Gasteiger partial charge < -0.3 is 10.1 Å². The van der Waals surface area contributed by atoms with Crippen LogP contribution in [0.5, 0.6) is 5.75 Å². The molecule has 1 heterocycles. The molecule has 0 aliphatic rings. The van der Waals surface area contributed by atoms with E-state index in [0.717, 1.165) is 6.20 Å². The van der Waals surface area contributed by atoms with Crippen molar-refractivity contribution in [3.05, 3.63) is 46.8 Å². The number of benzene rings is 1. The number of carbonyl (C=O) groups is 1. The minimum absolute atomic E-state index is 0.0974. The SMILES string of the molecule is COc1ccc(NC(=O)Cn2cc([N+](=O)[O-])cn2)cc1. The molecule has 0 aliphatic heterocycles. The van der Waals surface area contributed by atoms with Crippen LogP contribution in [0.4, 0.5) is 11.4 Å². The number of hydrogen-bond acceptors (Lipinski definition) is 5. The summed E-state index contributed by atoms with van der Waals surface area (Å²) < 4.78 is 6.21. The average Bonchev–Trinajstić information content (AvgIpc) is 2.88. The van der Waals surface area contributed by atoms with Gasteiger partial charge in [-0.15, -0.1) is 0 Å². The van der Waals surface area contributed by atoms with Crippen LogP contribution in [-0.4, -0.2) is 27.7 Å². The third-order valence-corrected chi connectivity index (χ3v) is 2.51. The van der Waals surface area contributed by atoms with Gasteiger partial charge in [-0.1, -0.05) is 0 Å². The van der Waals surface area contributed by atoms with E-state index in [1.165, 1.54) is 10.9 Å². The third-order valence-electron chi connectivity index (χ3n) is 2.51. The van der Waals surface area contributed by atoms with Gasteiger partial charge in [0.1, 0.15) is 24.7 Å². The molecular weight excluding hydrogens is 264 g/mol. The molecule has 8 heteroatoms. The fourth-order valence-corrected chi connectivity index (χ4v) is 1.56. The summed E-state index contributed by atoms with van der Waals surface area (Å²) in [6.07, 6.45) is 2.30. The van der Waals surface area contributed by atoms with Crippen molar-refractivity contribution in [3.63, 3.8) is 0 Å². The predicted octanol–water partition coefficient (Wildman–Crippen LogP) is 1.44. The van der Waals surface area contributed by atoms with E-state index >= 15 is 0 Å². The number of ether oxygens (including phenoxy) is 1. The molecule has 1 aromatic heterocycles. The number of nitrogens with zero attached hydrogens (tertiary/aromatic N) is 3. The highest BCUT2D eigenvalue weighted by Gasteiger charge is 2.11. The van der Waals surface area contributed by atoms with Crippen molar-refractivity contribution in [2.75, 3.05) is 12.4 Å². The molecular formula is C12H12N4O4. The largest absolute Gasteiger partial charge is 0.497 e. The number of rotatable bonds is 5. The van der Waals surface area contributed by atoms with E-state index in [4.69, 9.17) is 4.74 Å². The van der Waals surface area contributed by atoms with E-state index in [1.807, 2.05) is 0 Å². The summed E-state index contributed by atoms with van der Waals surface area (Å²) in [7, 11) is 1.55. The van der Waals surface area contributed by atoms with E-state index in [0.29, 0.717) is 11.4 Å². The fraction of sp³-hybridized carbons (Fsp3) is 0.167. The number of amides is 1. The van der Waals surface area contributed by atoms with Crippen molar-refractivity contribution in [3.8, 4) is 5.75 Å². The highest BCUT2D eigenvalue weighted by molar-refractivity contribution is 5.90. The maximum atomic E-state index is 11.7. The molecule has 1 N–H and O–H groups in total. The Morgan fingerprint density at radius 3 is 2.70 bits per heavy atom. The van der Waals surface area contributed by atoms with Gasteiger partial charge in [-0.05, 0) is 24.3 Å². The summed E-state index contributed by atoms with van der Waals surface area (Å²) in [6.45, 7) is -0.0974. The highest BCUT2D eigenvalue weighted by atomic mass is 16.6. The maximum absolute atomic E-state index is 11.7. The van der Waals surface area contributed by atoms with Gasteiger partial charge in [-0.25, -0.2) is 0 Å². The van der Waals surface area contributed by atoms with Crippen LogP contribution < -0.4 is 10.1 Å². The molecule has 2 rings (SSSR count). The van der Waals surface area contributed by atoms with Crippen molar-refractivity contribution < 1.29 is 14.5 Å². The fourth-order valence-electron chi connectivity index (χ4n) is 1.56. The van der Waals surface area contributed by atoms with Crippen LogP contribution in [0.2, 0.25) is 0 Å². The first-order valence-electron chi connectivity index (χ1n) is 5.69. The van der Waals surface area contributed by atoms with Gasteiger partial charge in [0.25, 0.3) is 0 Å². The second-order valence-corrected chi connectivity index (χ2v) is 3.93. The summed E-state index contributed by atoms with van der Waals surface area (Å²) in [5.74, 6) is 0.360. The first-order valence-corrected chi connectivity index (χ1v) is 5.69. The molecule has 0 radical (unpaired) electrons. The van der Waals surface area contributed by atoms with Crippen LogP contribution in [0.15, 0.2) is 36.7 Å². The average molecular weight is 276 g/mol. The number of hydrogen-bond donors (Lipinski definition) is 1. The second kappa shape index (κ2) is 5.83. The van der Waals surface area contributed by atoms with Crippen LogP contribution in [-0.2, 0) is 11.3 Å². The summed E-state index contributed by atoms with van der Waals surface area (Å²) in [5.41, 5.74) is 0.458. The lowest BCUT2D eigenvalue weighted by Crippen LogP contribution is -2.18. The van der Waals surface area contributed by atoms with E-state index in [2.05, 4.69) is 10.4 Å². The molecule has 0 aliphatic carbocycles. The van der Waals surface area contributed by atoms with Gasteiger partial charge in [0, 0.05) is 5.69 Å². The van der Waals surface area contributed by atoms with E-state index in [1.54, 1.807) is 31.4 Å². The van der Waals surface area contributed by atoms with Crippen molar-refractivity contribution in [2.24, 2.45) is 0 Å². The van der Waals surface area contributed by atoms with E-state index in [-0.39, 0.29) is 18.1 Å². The molecule has 8 nitrogen and oxygen atoms in total. The molecule has 0 atom stereocenters. The summed E-state index contributed by atoms with van der Waals surface area (Å²) in [6, 6.07) is 6.83. The van der Waals surface area contributed by atoms with Crippen LogP contribution in [0, 0.1) is 10.1 Å². The van der Waals surface area contributed by atoms with Gasteiger partial charge in [-0.2, -0.15) is 5.10 Å². The quantitative estimate of drug-likeness (QED) is 0.658. The van der Waals surface area contributed by atoms with E-state index < -0.39 is 4.92 Å². The van der Waals surface area contributed by atoms with Crippen LogP contribution >= 0.6 is 0 Å². The van der Waals surface area contributed by atoms with Crippen molar-refractivity contribution >= 4 is 17.3 Å². The Bertz CT molecular complexity index is 621. The number of nitro groups is 1. The Labute approximate surface area is 114 Å². The monoisotopic (exact) mass is 276 g/mol. The highest BCUT2D eigenvalue weighted by Crippen LogP contribution is 2.15. The lowest BCUT2D eigenvalue weighted by Gasteiger charge is -2.06. The predicted molar refractivity (Wildman–Crippen MR) is 70.5 cm³/mol. The zero-order chi connectivity index (χ0) is 14.5. The minimum atomic E-state index is -0.565. The van der Waals surface area contributed by atoms with Gasteiger partial charge in [0.15, 0.2) is 0 Å². The lowest BCUT2D eigenvalue weighted by atomic mass is 10.3. The van der Waals surface area contributed by atoms with Crippen molar-refractivity contribution in [1.29, 1.82) is 0 Å².